The summed E-state index contributed by atoms with van der Waals surface area (Å²) in [5, 5.41) is 3.48. The summed E-state index contributed by atoms with van der Waals surface area (Å²) in [7, 11) is 0. The maximum Gasteiger partial charge on any atom is 0.198 e. The molecule has 1 heterocycles. The van der Waals surface area contributed by atoms with E-state index in [0.717, 1.165) is 10.9 Å². The Bertz CT molecular complexity index is 497. The Morgan fingerprint density at radius 1 is 0.929 bits per heavy atom. The minimum atomic E-state index is 0.943. The molecule has 0 aliphatic carbocycles. The average molecular weight is 179 g/mol. The maximum atomic E-state index is 4.10. The molecule has 0 unspecified atom stereocenters. The minimum Gasteiger partial charge on any atom is -0.233 e. The van der Waals surface area contributed by atoms with Crippen LogP contribution >= 0.6 is 0 Å². The second-order valence-corrected chi connectivity index (χ2v) is 3.23. The second-order valence-electron chi connectivity index (χ2n) is 3.23. The predicted molar refractivity (Wildman–Crippen MR) is 55.9 cm³/mol. The fourth-order valence-corrected chi connectivity index (χ4v) is 1.63. The van der Waals surface area contributed by atoms with Crippen LogP contribution in [0.15, 0.2) is 42.6 Å². The van der Waals surface area contributed by atoms with Crippen LogP contribution in [0.3, 0.4) is 0 Å². The number of fused-ring (bicyclic) bond motifs is 2. The van der Waals surface area contributed by atoms with Gasteiger partial charge in [0.15, 0.2) is 6.33 Å². The first-order chi connectivity index (χ1) is 6.93. The van der Waals surface area contributed by atoms with Gasteiger partial charge in [-0.2, -0.15) is 0 Å². The fraction of sp³-hybridized carbons (Fsp3) is 0. The lowest BCUT2D eigenvalue weighted by molar-refractivity contribution is 1.20. The van der Waals surface area contributed by atoms with Crippen molar-refractivity contribution in [3.8, 4) is 0 Å². The van der Waals surface area contributed by atoms with Crippen LogP contribution in [-0.2, 0) is 0 Å². The van der Waals surface area contributed by atoms with E-state index in [-0.39, 0.29) is 0 Å². The Labute approximate surface area is 81.2 Å². The maximum absolute atomic E-state index is 4.10. The van der Waals surface area contributed by atoms with Crippen molar-refractivity contribution in [1.82, 2.24) is 9.97 Å². The lowest BCUT2D eigenvalue weighted by Gasteiger charge is -1.99. The summed E-state index contributed by atoms with van der Waals surface area (Å²) < 4.78 is 0. The molecule has 1 aromatic heterocycles. The van der Waals surface area contributed by atoms with Gasteiger partial charge < -0.3 is 0 Å². The first kappa shape index (κ1) is 7.44. The third-order valence-corrected chi connectivity index (χ3v) is 2.33. The van der Waals surface area contributed by atoms with E-state index < -0.39 is 0 Å². The molecule has 0 aliphatic heterocycles. The monoisotopic (exact) mass is 179 g/mol. The van der Waals surface area contributed by atoms with Gasteiger partial charge in [-0.25, -0.2) is 9.97 Å². The van der Waals surface area contributed by atoms with Crippen molar-refractivity contribution in [2.24, 2.45) is 0 Å². The molecule has 65 valence electrons. The average Bonchev–Trinajstić information content (AvgIpc) is 2.26. The van der Waals surface area contributed by atoms with Gasteiger partial charge >= 0.3 is 0 Å². The Balaban J connectivity index is 2.52. The normalized spacial score (nSPS) is 10.9. The van der Waals surface area contributed by atoms with Gasteiger partial charge in [0.2, 0.25) is 0 Å². The zero-order valence-corrected chi connectivity index (χ0v) is 7.44. The summed E-state index contributed by atoms with van der Waals surface area (Å²) in [4.78, 5) is 7.98. The smallest absolute Gasteiger partial charge is 0.198 e. The van der Waals surface area contributed by atoms with E-state index in [1.54, 1.807) is 6.20 Å². The molecule has 0 aliphatic rings. The quantitative estimate of drug-likeness (QED) is 0.496. The van der Waals surface area contributed by atoms with Crippen molar-refractivity contribution < 1.29 is 0 Å². The van der Waals surface area contributed by atoms with Crippen LogP contribution in [0.5, 0.6) is 0 Å². The van der Waals surface area contributed by atoms with Gasteiger partial charge in [-0.05, 0) is 22.9 Å². The summed E-state index contributed by atoms with van der Waals surface area (Å²) in [6, 6.07) is 12.4. The van der Waals surface area contributed by atoms with Gasteiger partial charge in [-0.1, -0.05) is 24.3 Å². The van der Waals surface area contributed by atoms with Crippen molar-refractivity contribution in [3.63, 3.8) is 0 Å². The molecule has 0 amide bonds. The van der Waals surface area contributed by atoms with Crippen molar-refractivity contribution >= 4 is 21.7 Å². The van der Waals surface area contributed by atoms with Crippen LogP contribution in [-0.4, -0.2) is 9.97 Å². The number of benzene rings is 2. The molecular weight excluding hydrogens is 172 g/mol. The van der Waals surface area contributed by atoms with E-state index in [0.29, 0.717) is 0 Å². The molecule has 0 bridgehead atoms. The fourth-order valence-electron chi connectivity index (χ4n) is 1.63. The Kier molecular flexibility index (Phi) is 1.47. The summed E-state index contributed by atoms with van der Waals surface area (Å²) in [6.45, 7) is 0. The number of hydrogen-bond donors (Lipinski definition) is 0. The third kappa shape index (κ3) is 1.04. The Morgan fingerprint density at radius 2 is 1.71 bits per heavy atom. The molecular formula is C12H7N2. The van der Waals surface area contributed by atoms with Crippen molar-refractivity contribution in [2.75, 3.05) is 0 Å². The van der Waals surface area contributed by atoms with E-state index >= 15 is 0 Å². The van der Waals surface area contributed by atoms with Crippen molar-refractivity contribution in [1.29, 1.82) is 0 Å². The van der Waals surface area contributed by atoms with Crippen LogP contribution in [0.2, 0.25) is 0 Å². The first-order valence-electron chi connectivity index (χ1n) is 4.45. The molecule has 1 radical (unpaired) electrons. The second kappa shape index (κ2) is 2.77. The SMILES string of the molecule is [c]1ncc2cc3ccccc3cc2n1. The van der Waals surface area contributed by atoms with Gasteiger partial charge in [0.05, 0.1) is 5.52 Å². The molecule has 0 saturated carbocycles. The molecule has 0 N–H and O–H groups in total. The van der Waals surface area contributed by atoms with Crippen molar-refractivity contribution in [3.05, 3.63) is 48.9 Å². The Hall–Kier alpha value is -1.96. The molecule has 0 spiro atoms. The van der Waals surface area contributed by atoms with Crippen LogP contribution in [0, 0.1) is 6.33 Å². The molecule has 14 heavy (non-hydrogen) atoms. The summed E-state index contributed by atoms with van der Waals surface area (Å²) in [6.07, 6.45) is 4.39. The van der Waals surface area contributed by atoms with E-state index in [4.69, 9.17) is 0 Å². The van der Waals surface area contributed by atoms with E-state index in [1.807, 2.05) is 12.1 Å². The van der Waals surface area contributed by atoms with Crippen molar-refractivity contribution in [2.45, 2.75) is 0 Å². The predicted octanol–water partition coefficient (Wildman–Crippen LogP) is 2.58. The lowest BCUT2D eigenvalue weighted by Crippen LogP contribution is -1.81. The zero-order valence-electron chi connectivity index (χ0n) is 7.44. The molecule has 0 saturated heterocycles. The standard InChI is InChI=1S/C12H7N2/c1-2-4-10-6-12-11(5-9(10)3-1)7-13-8-14-12/h1-7H. The number of aromatic nitrogens is 2. The van der Waals surface area contributed by atoms with Gasteiger partial charge in [0, 0.05) is 11.6 Å². The minimum absolute atomic E-state index is 0.943. The summed E-state index contributed by atoms with van der Waals surface area (Å²) in [5.74, 6) is 0. The molecule has 2 heteroatoms. The number of nitrogens with zero attached hydrogens (tertiary/aromatic N) is 2. The molecule has 3 rings (SSSR count). The van der Waals surface area contributed by atoms with Crippen LogP contribution < -0.4 is 0 Å². The van der Waals surface area contributed by atoms with Gasteiger partial charge in [0.1, 0.15) is 0 Å². The molecule has 2 nitrogen and oxygen atoms in total. The highest BCUT2D eigenvalue weighted by Gasteiger charge is 1.97. The highest BCUT2D eigenvalue weighted by atomic mass is 14.8. The van der Waals surface area contributed by atoms with Gasteiger partial charge in [0.25, 0.3) is 0 Å². The molecule has 0 atom stereocenters. The Morgan fingerprint density at radius 3 is 2.57 bits per heavy atom. The molecule has 3 aromatic rings. The highest BCUT2D eigenvalue weighted by molar-refractivity contribution is 5.95. The lowest BCUT2D eigenvalue weighted by atomic mass is 10.1. The van der Waals surface area contributed by atoms with Crippen LogP contribution in [0.1, 0.15) is 0 Å². The molecule has 0 fully saturated rings. The summed E-state index contributed by atoms with van der Waals surface area (Å²) in [5.41, 5.74) is 0.943. The zero-order chi connectivity index (χ0) is 9.38. The first-order valence-corrected chi connectivity index (χ1v) is 4.45. The topological polar surface area (TPSA) is 25.8 Å². The third-order valence-electron chi connectivity index (χ3n) is 2.33. The van der Waals surface area contributed by atoms with E-state index in [9.17, 15) is 0 Å². The molecule has 2 aromatic carbocycles. The highest BCUT2D eigenvalue weighted by Crippen LogP contribution is 2.19. The van der Waals surface area contributed by atoms with Gasteiger partial charge in [-0.15, -0.1) is 0 Å². The van der Waals surface area contributed by atoms with E-state index in [1.165, 1.54) is 10.8 Å². The van der Waals surface area contributed by atoms with Crippen LogP contribution in [0.4, 0.5) is 0 Å². The van der Waals surface area contributed by atoms with Gasteiger partial charge in [-0.3, -0.25) is 0 Å². The largest absolute Gasteiger partial charge is 0.233 e. The van der Waals surface area contributed by atoms with E-state index in [2.05, 4.69) is 40.6 Å². The number of hydrogen-bond acceptors (Lipinski definition) is 2. The number of rotatable bonds is 0. The van der Waals surface area contributed by atoms with Crippen LogP contribution in [0.25, 0.3) is 21.7 Å². The summed E-state index contributed by atoms with van der Waals surface area (Å²) >= 11 is 0.